The number of likely N-dealkylation sites (N-methyl/N-ethyl adjacent to an activating group) is 1. The van der Waals surface area contributed by atoms with Gasteiger partial charge in [0, 0.05) is 31.5 Å². The lowest BCUT2D eigenvalue weighted by Gasteiger charge is -2.31. The highest BCUT2D eigenvalue weighted by atomic mass is 35.5. The van der Waals surface area contributed by atoms with Crippen molar-refractivity contribution in [2.75, 3.05) is 26.4 Å². The number of hydrogen-bond acceptors (Lipinski definition) is 4. The van der Waals surface area contributed by atoms with Crippen molar-refractivity contribution >= 4 is 28.2 Å². The first-order chi connectivity index (χ1) is 9.39. The Balaban J connectivity index is 0.00000220. The van der Waals surface area contributed by atoms with E-state index in [2.05, 4.69) is 5.32 Å². The molecular formula is C14H21ClN2O3S. The molecule has 0 radical (unpaired) electrons. The Morgan fingerprint density at radius 3 is 2.38 bits per heavy atom. The van der Waals surface area contributed by atoms with Crippen LogP contribution in [0, 0.1) is 0 Å². The van der Waals surface area contributed by atoms with Crippen molar-refractivity contribution in [3.63, 3.8) is 0 Å². The maximum absolute atomic E-state index is 12.4. The number of nitrogens with zero attached hydrogens (tertiary/aromatic N) is 1. The monoisotopic (exact) mass is 332 g/mol. The first-order valence-electron chi connectivity index (χ1n) is 6.67. The lowest BCUT2D eigenvalue weighted by Crippen LogP contribution is -2.46. The largest absolute Gasteiger partial charge is 0.337 e. The van der Waals surface area contributed by atoms with E-state index < -0.39 is 9.84 Å². The minimum Gasteiger partial charge on any atom is -0.337 e. The number of carbonyl (C=O) groups is 1. The number of halogens is 1. The maximum Gasteiger partial charge on any atom is 0.253 e. The van der Waals surface area contributed by atoms with E-state index in [0.29, 0.717) is 5.56 Å². The average molecular weight is 333 g/mol. The molecule has 0 spiro atoms. The third-order valence-electron chi connectivity index (χ3n) is 3.67. The zero-order chi connectivity index (χ0) is 14.8. The molecule has 1 saturated heterocycles. The second-order valence-electron chi connectivity index (χ2n) is 5.21. The SMILES string of the molecule is CN(C(=O)c1ccc(S(C)(=O)=O)cc1)[C@@H]1CCCNC1.Cl. The second kappa shape index (κ2) is 7.24. The summed E-state index contributed by atoms with van der Waals surface area (Å²) in [7, 11) is -1.42. The molecule has 1 aliphatic rings. The van der Waals surface area contributed by atoms with Gasteiger partial charge in [-0.05, 0) is 43.7 Å². The predicted octanol–water partition coefficient (Wildman–Crippen LogP) is 1.34. The first-order valence-corrected chi connectivity index (χ1v) is 8.57. The van der Waals surface area contributed by atoms with Crippen LogP contribution in [-0.2, 0) is 9.84 Å². The van der Waals surface area contributed by atoms with Gasteiger partial charge < -0.3 is 10.2 Å². The van der Waals surface area contributed by atoms with Crippen molar-refractivity contribution in [1.82, 2.24) is 10.2 Å². The van der Waals surface area contributed by atoms with Crippen molar-refractivity contribution in [3.8, 4) is 0 Å². The zero-order valence-corrected chi connectivity index (χ0v) is 13.8. The van der Waals surface area contributed by atoms with Crippen LogP contribution in [-0.4, -0.2) is 51.7 Å². The van der Waals surface area contributed by atoms with Gasteiger partial charge in [0.1, 0.15) is 0 Å². The number of piperidine rings is 1. The van der Waals surface area contributed by atoms with E-state index in [1.807, 2.05) is 0 Å². The highest BCUT2D eigenvalue weighted by Gasteiger charge is 2.23. The molecule has 1 aromatic carbocycles. The summed E-state index contributed by atoms with van der Waals surface area (Å²) in [5.41, 5.74) is 0.519. The van der Waals surface area contributed by atoms with Crippen molar-refractivity contribution in [2.24, 2.45) is 0 Å². The molecule has 1 heterocycles. The molecule has 0 saturated carbocycles. The van der Waals surface area contributed by atoms with E-state index in [-0.39, 0.29) is 29.3 Å². The molecule has 1 N–H and O–H groups in total. The third-order valence-corrected chi connectivity index (χ3v) is 4.80. The fourth-order valence-corrected chi connectivity index (χ4v) is 3.01. The molecule has 7 heteroatoms. The molecule has 0 aliphatic carbocycles. The van der Waals surface area contributed by atoms with Gasteiger partial charge in [-0.1, -0.05) is 0 Å². The topological polar surface area (TPSA) is 66.5 Å². The molecule has 1 fully saturated rings. The van der Waals surface area contributed by atoms with E-state index in [9.17, 15) is 13.2 Å². The highest BCUT2D eigenvalue weighted by Crippen LogP contribution is 2.15. The van der Waals surface area contributed by atoms with Crippen LogP contribution >= 0.6 is 12.4 Å². The van der Waals surface area contributed by atoms with Gasteiger partial charge in [-0.15, -0.1) is 12.4 Å². The van der Waals surface area contributed by atoms with Gasteiger partial charge in [-0.2, -0.15) is 0 Å². The molecular weight excluding hydrogens is 312 g/mol. The van der Waals surface area contributed by atoms with Gasteiger partial charge in [0.05, 0.1) is 4.90 Å². The van der Waals surface area contributed by atoms with Gasteiger partial charge in [0.25, 0.3) is 5.91 Å². The third kappa shape index (κ3) is 4.43. The quantitative estimate of drug-likeness (QED) is 0.907. The minimum absolute atomic E-state index is 0. The summed E-state index contributed by atoms with van der Waals surface area (Å²) in [4.78, 5) is 14.3. The van der Waals surface area contributed by atoms with E-state index in [1.54, 1.807) is 24.1 Å². The number of sulfone groups is 1. The number of nitrogens with one attached hydrogen (secondary N) is 1. The Hall–Kier alpha value is -1.11. The fraction of sp³-hybridized carbons (Fsp3) is 0.500. The fourth-order valence-electron chi connectivity index (χ4n) is 2.38. The molecule has 5 nitrogen and oxygen atoms in total. The van der Waals surface area contributed by atoms with Crippen LogP contribution in [0.3, 0.4) is 0 Å². The summed E-state index contributed by atoms with van der Waals surface area (Å²) in [5.74, 6) is -0.0706. The molecule has 1 atom stereocenters. The van der Waals surface area contributed by atoms with Gasteiger partial charge in [0.15, 0.2) is 9.84 Å². The normalized spacial score (nSPS) is 18.7. The second-order valence-corrected chi connectivity index (χ2v) is 7.23. The molecule has 0 unspecified atom stereocenters. The minimum atomic E-state index is -3.22. The van der Waals surface area contributed by atoms with Crippen LogP contribution in [0.5, 0.6) is 0 Å². The number of carbonyl (C=O) groups excluding carboxylic acids is 1. The van der Waals surface area contributed by atoms with Crippen molar-refractivity contribution < 1.29 is 13.2 Å². The molecule has 0 aromatic heterocycles. The lowest BCUT2D eigenvalue weighted by atomic mass is 10.1. The average Bonchev–Trinajstić information content (AvgIpc) is 2.46. The number of rotatable bonds is 3. The van der Waals surface area contributed by atoms with E-state index in [4.69, 9.17) is 0 Å². The standard InChI is InChI=1S/C14H20N2O3S.ClH/c1-16(12-4-3-9-15-10-12)14(17)11-5-7-13(8-6-11)20(2,18)19;/h5-8,12,15H,3-4,9-10H2,1-2H3;1H/t12-;/m1./s1. The van der Waals surface area contributed by atoms with Crippen molar-refractivity contribution in [1.29, 1.82) is 0 Å². The Kier molecular flexibility index (Phi) is 6.19. The van der Waals surface area contributed by atoms with Gasteiger partial charge >= 0.3 is 0 Å². The van der Waals surface area contributed by atoms with Crippen LogP contribution < -0.4 is 5.32 Å². The lowest BCUT2D eigenvalue weighted by molar-refractivity contribution is 0.0708. The molecule has 1 aliphatic heterocycles. The highest BCUT2D eigenvalue weighted by molar-refractivity contribution is 7.90. The summed E-state index contributed by atoms with van der Waals surface area (Å²) in [6.07, 6.45) is 3.22. The Morgan fingerprint density at radius 1 is 1.29 bits per heavy atom. The maximum atomic E-state index is 12.4. The number of hydrogen-bond donors (Lipinski definition) is 1. The first kappa shape index (κ1) is 17.9. The van der Waals surface area contributed by atoms with E-state index in [0.717, 1.165) is 32.2 Å². The molecule has 21 heavy (non-hydrogen) atoms. The Labute approximate surface area is 132 Å². The number of benzene rings is 1. The molecule has 1 aromatic rings. The Morgan fingerprint density at radius 2 is 1.90 bits per heavy atom. The van der Waals surface area contributed by atoms with Gasteiger partial charge in [-0.25, -0.2) is 8.42 Å². The summed E-state index contributed by atoms with van der Waals surface area (Å²) >= 11 is 0. The van der Waals surface area contributed by atoms with Crippen LogP contribution in [0.2, 0.25) is 0 Å². The molecule has 0 bridgehead atoms. The van der Waals surface area contributed by atoms with Crippen LogP contribution in [0.25, 0.3) is 0 Å². The smallest absolute Gasteiger partial charge is 0.253 e. The van der Waals surface area contributed by atoms with Crippen LogP contribution in [0.15, 0.2) is 29.2 Å². The summed E-state index contributed by atoms with van der Waals surface area (Å²) in [6, 6.07) is 6.31. The molecule has 118 valence electrons. The van der Waals surface area contributed by atoms with Crippen molar-refractivity contribution in [3.05, 3.63) is 29.8 Å². The predicted molar refractivity (Wildman–Crippen MR) is 84.8 cm³/mol. The van der Waals surface area contributed by atoms with Crippen LogP contribution in [0.4, 0.5) is 0 Å². The van der Waals surface area contributed by atoms with Gasteiger partial charge in [-0.3, -0.25) is 4.79 Å². The number of amides is 1. The Bertz CT molecular complexity index is 581. The van der Waals surface area contributed by atoms with E-state index >= 15 is 0 Å². The summed E-state index contributed by atoms with van der Waals surface area (Å²) in [5, 5.41) is 3.28. The van der Waals surface area contributed by atoms with Crippen molar-refractivity contribution in [2.45, 2.75) is 23.8 Å². The summed E-state index contributed by atoms with van der Waals surface area (Å²) < 4.78 is 22.8. The van der Waals surface area contributed by atoms with Gasteiger partial charge in [0.2, 0.25) is 0 Å². The van der Waals surface area contributed by atoms with E-state index in [1.165, 1.54) is 12.1 Å². The molecule has 2 rings (SSSR count). The zero-order valence-electron chi connectivity index (χ0n) is 12.2. The van der Waals surface area contributed by atoms with Crippen LogP contribution in [0.1, 0.15) is 23.2 Å². The molecule has 1 amide bonds. The summed E-state index contributed by atoms with van der Waals surface area (Å²) in [6.45, 7) is 1.81.